The number of pyridine rings is 1. The molecule has 2 rings (SSSR count). The Morgan fingerprint density at radius 3 is 2.95 bits per heavy atom. The predicted molar refractivity (Wildman–Crippen MR) is 78.7 cm³/mol. The maximum atomic E-state index is 5.88. The second-order valence-corrected chi connectivity index (χ2v) is 5.25. The van der Waals surface area contributed by atoms with Gasteiger partial charge in [-0.25, -0.2) is 0 Å². The fourth-order valence-electron chi connectivity index (χ4n) is 2.60. The Hall–Kier alpha value is -1.49. The van der Waals surface area contributed by atoms with Crippen LogP contribution >= 0.6 is 0 Å². The molecule has 0 amide bonds. The van der Waals surface area contributed by atoms with E-state index in [1.807, 2.05) is 19.1 Å². The first-order chi connectivity index (χ1) is 9.11. The van der Waals surface area contributed by atoms with Crippen molar-refractivity contribution in [2.75, 3.05) is 44.4 Å². The summed E-state index contributed by atoms with van der Waals surface area (Å²) < 4.78 is 5.48. The van der Waals surface area contributed by atoms with Gasteiger partial charge in [-0.2, -0.15) is 4.98 Å². The highest BCUT2D eigenvalue weighted by atomic mass is 16.5. The summed E-state index contributed by atoms with van der Waals surface area (Å²) in [4.78, 5) is 9.15. The number of likely N-dealkylation sites (N-methyl/N-ethyl adjacent to an activating group) is 1. The lowest BCUT2D eigenvalue weighted by Gasteiger charge is -2.28. The third-order valence-corrected chi connectivity index (χ3v) is 3.40. The first kappa shape index (κ1) is 13.9. The van der Waals surface area contributed by atoms with E-state index in [1.165, 1.54) is 12.8 Å². The Labute approximate surface area is 115 Å². The molecule has 0 saturated carbocycles. The molecule has 1 aromatic rings. The molecule has 2 heterocycles. The minimum absolute atomic E-state index is 0.528. The molecule has 106 valence electrons. The fraction of sp³-hybridized carbons (Fsp3) is 0.643. The van der Waals surface area contributed by atoms with E-state index >= 15 is 0 Å². The van der Waals surface area contributed by atoms with Gasteiger partial charge in [-0.1, -0.05) is 0 Å². The quantitative estimate of drug-likeness (QED) is 0.875. The van der Waals surface area contributed by atoms with Crippen molar-refractivity contribution in [1.29, 1.82) is 0 Å². The topological polar surface area (TPSA) is 54.6 Å². The van der Waals surface area contributed by atoms with Gasteiger partial charge in [0.15, 0.2) is 0 Å². The number of aromatic nitrogens is 1. The zero-order chi connectivity index (χ0) is 13.8. The number of rotatable bonds is 5. The molecular formula is C14H24N4O. The molecule has 0 spiro atoms. The second kappa shape index (κ2) is 6.10. The van der Waals surface area contributed by atoms with Gasteiger partial charge in [-0.15, -0.1) is 0 Å². The molecule has 0 aliphatic carbocycles. The average molecular weight is 264 g/mol. The molecule has 5 nitrogen and oxygen atoms in total. The van der Waals surface area contributed by atoms with Gasteiger partial charge >= 0.3 is 0 Å². The Balaban J connectivity index is 2.18. The Bertz CT molecular complexity index is 422. The van der Waals surface area contributed by atoms with Crippen molar-refractivity contribution in [2.24, 2.45) is 0 Å². The molecule has 1 unspecified atom stereocenters. The van der Waals surface area contributed by atoms with Crippen LogP contribution < -0.4 is 15.4 Å². The highest BCUT2D eigenvalue weighted by Crippen LogP contribution is 2.28. The summed E-state index contributed by atoms with van der Waals surface area (Å²) in [7, 11) is 4.22. The molecule has 0 aromatic carbocycles. The number of hydrogen-bond acceptors (Lipinski definition) is 5. The van der Waals surface area contributed by atoms with Crippen LogP contribution in [0.3, 0.4) is 0 Å². The molecule has 19 heavy (non-hydrogen) atoms. The number of anilines is 2. The molecule has 1 aliphatic rings. The summed E-state index contributed by atoms with van der Waals surface area (Å²) in [6.07, 6.45) is 2.43. The Morgan fingerprint density at radius 2 is 2.26 bits per heavy atom. The van der Waals surface area contributed by atoms with Gasteiger partial charge in [-0.05, 0) is 46.0 Å². The Kier molecular flexibility index (Phi) is 4.47. The van der Waals surface area contributed by atoms with Crippen LogP contribution in [0.15, 0.2) is 12.1 Å². The molecule has 1 fully saturated rings. The monoisotopic (exact) mass is 264 g/mol. The number of hydrogen-bond donors (Lipinski definition) is 1. The van der Waals surface area contributed by atoms with Crippen LogP contribution in [0.4, 0.5) is 11.5 Å². The molecule has 1 atom stereocenters. The maximum absolute atomic E-state index is 5.88. The van der Waals surface area contributed by atoms with Gasteiger partial charge in [0, 0.05) is 19.1 Å². The van der Waals surface area contributed by atoms with Crippen molar-refractivity contribution < 1.29 is 4.74 Å². The summed E-state index contributed by atoms with van der Waals surface area (Å²) in [5.41, 5.74) is 6.48. The maximum Gasteiger partial charge on any atom is 0.239 e. The van der Waals surface area contributed by atoms with Gasteiger partial charge < -0.3 is 20.3 Å². The first-order valence-corrected chi connectivity index (χ1v) is 6.92. The van der Waals surface area contributed by atoms with Gasteiger partial charge in [0.2, 0.25) is 5.88 Å². The SMILES string of the molecule is CCOc1nc(N2CCCC2CN(C)C)ccc1N. The molecule has 0 radical (unpaired) electrons. The summed E-state index contributed by atoms with van der Waals surface area (Å²) in [5, 5.41) is 0. The summed E-state index contributed by atoms with van der Waals surface area (Å²) in [6, 6.07) is 4.41. The van der Waals surface area contributed by atoms with Gasteiger partial charge in [-0.3, -0.25) is 0 Å². The van der Waals surface area contributed by atoms with E-state index < -0.39 is 0 Å². The fourth-order valence-corrected chi connectivity index (χ4v) is 2.60. The van der Waals surface area contributed by atoms with Crippen molar-refractivity contribution in [3.05, 3.63) is 12.1 Å². The summed E-state index contributed by atoms with van der Waals surface area (Å²) in [5.74, 6) is 1.53. The van der Waals surface area contributed by atoms with E-state index in [1.54, 1.807) is 0 Å². The highest BCUT2D eigenvalue weighted by Gasteiger charge is 2.26. The van der Waals surface area contributed by atoms with Crippen molar-refractivity contribution in [3.63, 3.8) is 0 Å². The Morgan fingerprint density at radius 1 is 1.47 bits per heavy atom. The zero-order valence-electron chi connectivity index (χ0n) is 12.1. The van der Waals surface area contributed by atoms with Crippen molar-refractivity contribution in [2.45, 2.75) is 25.8 Å². The normalized spacial score (nSPS) is 19.2. The number of ether oxygens (including phenoxy) is 1. The van der Waals surface area contributed by atoms with E-state index in [-0.39, 0.29) is 0 Å². The van der Waals surface area contributed by atoms with Crippen molar-refractivity contribution >= 4 is 11.5 Å². The van der Waals surface area contributed by atoms with Gasteiger partial charge in [0.1, 0.15) is 5.82 Å². The van der Waals surface area contributed by atoms with Crippen molar-refractivity contribution in [1.82, 2.24) is 9.88 Å². The third kappa shape index (κ3) is 3.29. The van der Waals surface area contributed by atoms with E-state index in [2.05, 4.69) is 28.9 Å². The van der Waals surface area contributed by atoms with Crippen LogP contribution in [-0.2, 0) is 0 Å². The number of nitrogen functional groups attached to an aromatic ring is 1. The predicted octanol–water partition coefficient (Wildman–Crippen LogP) is 1.59. The number of nitrogens with zero attached hydrogens (tertiary/aromatic N) is 3. The van der Waals surface area contributed by atoms with Crippen LogP contribution in [-0.4, -0.2) is 49.7 Å². The lowest BCUT2D eigenvalue weighted by Crippen LogP contribution is -2.38. The van der Waals surface area contributed by atoms with Crippen LogP contribution in [0.1, 0.15) is 19.8 Å². The first-order valence-electron chi connectivity index (χ1n) is 6.92. The smallest absolute Gasteiger partial charge is 0.239 e. The van der Waals surface area contributed by atoms with E-state index in [4.69, 9.17) is 10.5 Å². The third-order valence-electron chi connectivity index (χ3n) is 3.40. The second-order valence-electron chi connectivity index (χ2n) is 5.25. The van der Waals surface area contributed by atoms with E-state index in [0.29, 0.717) is 24.2 Å². The molecule has 5 heteroatoms. The standard InChI is InChI=1S/C14H24N4O/c1-4-19-14-12(15)7-8-13(16-14)18-9-5-6-11(18)10-17(2)3/h7-8,11H,4-6,9-10,15H2,1-3H3. The van der Waals surface area contributed by atoms with Gasteiger partial charge in [0.05, 0.1) is 12.3 Å². The largest absolute Gasteiger partial charge is 0.476 e. The highest BCUT2D eigenvalue weighted by molar-refractivity contribution is 5.55. The molecule has 1 aliphatic heterocycles. The summed E-state index contributed by atoms with van der Waals surface area (Å²) in [6.45, 7) is 4.64. The zero-order valence-corrected chi connectivity index (χ0v) is 12.1. The summed E-state index contributed by atoms with van der Waals surface area (Å²) >= 11 is 0. The van der Waals surface area contributed by atoms with E-state index in [9.17, 15) is 0 Å². The lowest BCUT2D eigenvalue weighted by molar-refractivity contribution is 0.328. The van der Waals surface area contributed by atoms with Crippen LogP contribution in [0.25, 0.3) is 0 Å². The minimum Gasteiger partial charge on any atom is -0.476 e. The van der Waals surface area contributed by atoms with Crippen LogP contribution in [0.5, 0.6) is 5.88 Å². The lowest BCUT2D eigenvalue weighted by atomic mass is 10.2. The molecule has 0 bridgehead atoms. The average Bonchev–Trinajstić information content (AvgIpc) is 2.79. The van der Waals surface area contributed by atoms with Crippen LogP contribution in [0, 0.1) is 0 Å². The van der Waals surface area contributed by atoms with Crippen molar-refractivity contribution in [3.8, 4) is 5.88 Å². The molecule has 1 saturated heterocycles. The van der Waals surface area contributed by atoms with Gasteiger partial charge in [0.25, 0.3) is 0 Å². The molecule has 2 N–H and O–H groups in total. The molecule has 1 aromatic heterocycles. The molecular weight excluding hydrogens is 240 g/mol. The van der Waals surface area contributed by atoms with E-state index in [0.717, 1.165) is 18.9 Å². The minimum atomic E-state index is 0.528. The number of nitrogens with two attached hydrogens (primary N) is 1. The van der Waals surface area contributed by atoms with Crippen LogP contribution in [0.2, 0.25) is 0 Å².